The van der Waals surface area contributed by atoms with Gasteiger partial charge in [0.15, 0.2) is 0 Å². The van der Waals surface area contributed by atoms with Crippen LogP contribution in [0.3, 0.4) is 0 Å². The standard InChI is InChI=1S/C10H21N3O2S/c1-10(2,3)16(14,15)13-7-5-4-6-8(13)9(11)12/h8H,4-7H2,1-3H3,(H3,11,12). The molecular formula is C10H21N3O2S. The van der Waals surface area contributed by atoms with Crippen molar-refractivity contribution in [3.63, 3.8) is 0 Å². The van der Waals surface area contributed by atoms with Gasteiger partial charge in [-0.1, -0.05) is 6.42 Å². The Morgan fingerprint density at radius 2 is 1.94 bits per heavy atom. The maximum atomic E-state index is 12.3. The Labute approximate surface area is 97.6 Å². The van der Waals surface area contributed by atoms with Crippen molar-refractivity contribution < 1.29 is 8.42 Å². The quantitative estimate of drug-likeness (QED) is 0.561. The summed E-state index contributed by atoms with van der Waals surface area (Å²) >= 11 is 0. The van der Waals surface area contributed by atoms with Gasteiger partial charge in [0, 0.05) is 6.54 Å². The number of sulfonamides is 1. The van der Waals surface area contributed by atoms with Gasteiger partial charge in [0.1, 0.15) is 5.84 Å². The number of nitrogens with one attached hydrogen (secondary N) is 1. The van der Waals surface area contributed by atoms with Crippen LogP contribution in [0, 0.1) is 5.41 Å². The summed E-state index contributed by atoms with van der Waals surface area (Å²) in [7, 11) is -3.38. The lowest BCUT2D eigenvalue weighted by Gasteiger charge is -2.37. The molecule has 94 valence electrons. The first-order chi connectivity index (χ1) is 7.18. The van der Waals surface area contributed by atoms with Crippen LogP contribution in [-0.2, 0) is 10.0 Å². The molecule has 0 aliphatic carbocycles. The number of amidine groups is 1. The SMILES string of the molecule is CC(C)(C)S(=O)(=O)N1CCCCC1C(=N)N. The summed E-state index contributed by atoms with van der Waals surface area (Å²) < 4.78 is 25.2. The minimum absolute atomic E-state index is 0.0486. The molecule has 6 heteroatoms. The van der Waals surface area contributed by atoms with E-state index in [0.29, 0.717) is 13.0 Å². The summed E-state index contributed by atoms with van der Waals surface area (Å²) in [5.74, 6) is -0.0486. The van der Waals surface area contributed by atoms with Gasteiger partial charge in [-0.3, -0.25) is 5.41 Å². The zero-order valence-electron chi connectivity index (χ0n) is 10.2. The van der Waals surface area contributed by atoms with Crippen LogP contribution in [0.1, 0.15) is 40.0 Å². The van der Waals surface area contributed by atoms with E-state index in [9.17, 15) is 8.42 Å². The smallest absolute Gasteiger partial charge is 0.219 e. The largest absolute Gasteiger partial charge is 0.386 e. The van der Waals surface area contributed by atoms with Crippen molar-refractivity contribution >= 4 is 15.9 Å². The van der Waals surface area contributed by atoms with Crippen molar-refractivity contribution in [2.24, 2.45) is 5.73 Å². The van der Waals surface area contributed by atoms with Crippen LogP contribution in [0.2, 0.25) is 0 Å². The molecule has 0 bridgehead atoms. The van der Waals surface area contributed by atoms with E-state index in [2.05, 4.69) is 0 Å². The van der Waals surface area contributed by atoms with Gasteiger partial charge >= 0.3 is 0 Å². The first-order valence-corrected chi connectivity index (χ1v) is 6.97. The van der Waals surface area contributed by atoms with Crippen LogP contribution >= 0.6 is 0 Å². The topological polar surface area (TPSA) is 87.2 Å². The predicted molar refractivity (Wildman–Crippen MR) is 64.9 cm³/mol. The minimum atomic E-state index is -3.38. The highest BCUT2D eigenvalue weighted by molar-refractivity contribution is 7.90. The average molecular weight is 247 g/mol. The minimum Gasteiger partial charge on any atom is -0.386 e. The lowest BCUT2D eigenvalue weighted by Crippen LogP contribution is -2.54. The van der Waals surface area contributed by atoms with Crippen LogP contribution < -0.4 is 5.73 Å². The summed E-state index contributed by atoms with van der Waals surface area (Å²) in [6, 6.07) is -0.446. The molecule has 1 aliphatic heterocycles. The maximum Gasteiger partial charge on any atom is 0.219 e. The zero-order chi connectivity index (χ0) is 12.6. The highest BCUT2D eigenvalue weighted by Gasteiger charge is 2.41. The molecule has 0 aromatic heterocycles. The molecule has 0 aromatic rings. The maximum absolute atomic E-state index is 12.3. The monoisotopic (exact) mass is 247 g/mol. The fraction of sp³-hybridized carbons (Fsp3) is 0.900. The van der Waals surface area contributed by atoms with E-state index in [-0.39, 0.29) is 5.84 Å². The highest BCUT2D eigenvalue weighted by Crippen LogP contribution is 2.27. The van der Waals surface area contributed by atoms with Crippen LogP contribution in [0.25, 0.3) is 0 Å². The molecule has 0 saturated carbocycles. The average Bonchev–Trinajstić information content (AvgIpc) is 2.16. The molecule has 3 N–H and O–H groups in total. The van der Waals surface area contributed by atoms with Crippen molar-refractivity contribution in [3.8, 4) is 0 Å². The van der Waals surface area contributed by atoms with Gasteiger partial charge in [0.05, 0.1) is 10.8 Å². The van der Waals surface area contributed by atoms with E-state index in [1.54, 1.807) is 20.8 Å². The number of nitrogens with zero attached hydrogens (tertiary/aromatic N) is 1. The van der Waals surface area contributed by atoms with Gasteiger partial charge in [-0.15, -0.1) is 0 Å². The van der Waals surface area contributed by atoms with Crippen molar-refractivity contribution in [2.45, 2.75) is 50.8 Å². The molecule has 16 heavy (non-hydrogen) atoms. The molecule has 0 radical (unpaired) electrons. The lowest BCUT2D eigenvalue weighted by molar-refractivity contribution is 0.296. The molecule has 5 nitrogen and oxygen atoms in total. The molecule has 0 amide bonds. The summed E-state index contributed by atoms with van der Waals surface area (Å²) in [4.78, 5) is 0. The van der Waals surface area contributed by atoms with Gasteiger partial charge in [-0.25, -0.2) is 8.42 Å². The molecular weight excluding hydrogens is 226 g/mol. The van der Waals surface area contributed by atoms with Crippen LogP contribution in [-0.4, -0.2) is 35.9 Å². The van der Waals surface area contributed by atoms with E-state index in [1.807, 2.05) is 0 Å². The molecule has 0 aromatic carbocycles. The van der Waals surface area contributed by atoms with Crippen LogP contribution in [0.4, 0.5) is 0 Å². The molecule has 1 heterocycles. The van der Waals surface area contributed by atoms with Crippen LogP contribution in [0.15, 0.2) is 0 Å². The van der Waals surface area contributed by atoms with Crippen molar-refractivity contribution in [1.29, 1.82) is 5.41 Å². The van der Waals surface area contributed by atoms with E-state index < -0.39 is 20.8 Å². The number of rotatable bonds is 2. The van der Waals surface area contributed by atoms with Gasteiger partial charge in [0.25, 0.3) is 0 Å². The Balaban J connectivity index is 3.05. The molecule has 1 atom stereocenters. The summed E-state index contributed by atoms with van der Waals surface area (Å²) in [6.45, 7) is 5.50. The Kier molecular flexibility index (Phi) is 3.64. The Morgan fingerprint density at radius 3 is 2.38 bits per heavy atom. The van der Waals surface area contributed by atoms with E-state index in [4.69, 9.17) is 11.1 Å². The van der Waals surface area contributed by atoms with E-state index in [1.165, 1.54) is 4.31 Å². The summed E-state index contributed by atoms with van der Waals surface area (Å²) in [5.41, 5.74) is 5.47. The van der Waals surface area contributed by atoms with Gasteiger partial charge in [-0.05, 0) is 33.6 Å². The Hall–Kier alpha value is -0.620. The third kappa shape index (κ3) is 2.38. The lowest BCUT2D eigenvalue weighted by atomic mass is 10.0. The number of piperidine rings is 1. The first-order valence-electron chi connectivity index (χ1n) is 5.53. The molecule has 1 rings (SSSR count). The Bertz CT molecular complexity index is 370. The van der Waals surface area contributed by atoms with Gasteiger partial charge < -0.3 is 5.73 Å². The molecule has 0 spiro atoms. The zero-order valence-corrected chi connectivity index (χ0v) is 11.0. The fourth-order valence-corrected chi connectivity index (χ4v) is 3.48. The summed E-state index contributed by atoms with van der Waals surface area (Å²) in [6.07, 6.45) is 2.43. The van der Waals surface area contributed by atoms with Crippen molar-refractivity contribution in [1.82, 2.24) is 4.31 Å². The van der Waals surface area contributed by atoms with Crippen LogP contribution in [0.5, 0.6) is 0 Å². The molecule has 1 aliphatic rings. The van der Waals surface area contributed by atoms with Gasteiger partial charge in [0.2, 0.25) is 10.0 Å². The molecule has 1 unspecified atom stereocenters. The first kappa shape index (κ1) is 13.4. The fourth-order valence-electron chi connectivity index (χ4n) is 1.86. The van der Waals surface area contributed by atoms with Crippen molar-refractivity contribution in [3.05, 3.63) is 0 Å². The summed E-state index contributed by atoms with van der Waals surface area (Å²) in [5, 5.41) is 7.48. The van der Waals surface area contributed by atoms with Crippen molar-refractivity contribution in [2.75, 3.05) is 6.54 Å². The molecule has 1 saturated heterocycles. The van der Waals surface area contributed by atoms with Gasteiger partial charge in [-0.2, -0.15) is 4.31 Å². The number of hydrogen-bond acceptors (Lipinski definition) is 3. The third-order valence-electron chi connectivity index (χ3n) is 2.90. The number of hydrogen-bond donors (Lipinski definition) is 2. The number of nitrogens with two attached hydrogens (primary N) is 1. The second kappa shape index (κ2) is 4.33. The normalized spacial score (nSPS) is 24.3. The van der Waals surface area contributed by atoms with E-state index in [0.717, 1.165) is 12.8 Å². The highest BCUT2D eigenvalue weighted by atomic mass is 32.2. The second-order valence-electron chi connectivity index (χ2n) is 5.20. The second-order valence-corrected chi connectivity index (χ2v) is 7.84. The van der Waals surface area contributed by atoms with E-state index >= 15 is 0 Å². The molecule has 1 fully saturated rings. The Morgan fingerprint density at radius 1 is 1.38 bits per heavy atom. The third-order valence-corrected chi connectivity index (χ3v) is 5.50. The predicted octanol–water partition coefficient (Wildman–Crippen LogP) is 0.905.